The molecule has 0 unspecified atom stereocenters. The summed E-state index contributed by atoms with van der Waals surface area (Å²) in [7, 11) is -1.77. The van der Waals surface area contributed by atoms with Gasteiger partial charge in [0.15, 0.2) is 15.5 Å². The third-order valence-electron chi connectivity index (χ3n) is 5.31. The Kier molecular flexibility index (Phi) is 5.07. The third-order valence-corrected chi connectivity index (χ3v) is 6.42. The second-order valence-corrected chi connectivity index (χ2v) is 9.36. The van der Waals surface area contributed by atoms with Crippen LogP contribution in [0.3, 0.4) is 0 Å². The quantitative estimate of drug-likeness (QED) is 0.680. The number of hydrogen-bond acceptors (Lipinski definition) is 6. The molecular formula is C21H22N4O4S. The molecule has 0 fully saturated rings. The number of hydrogen-bond donors (Lipinski definition) is 1. The van der Waals surface area contributed by atoms with Gasteiger partial charge in [-0.1, -0.05) is 18.2 Å². The predicted octanol–water partition coefficient (Wildman–Crippen LogP) is 1.57. The first kappa shape index (κ1) is 20.1. The lowest BCUT2D eigenvalue weighted by Crippen LogP contribution is -2.38. The number of nitrogens with zero attached hydrogens (tertiary/aromatic N) is 3. The Morgan fingerprint density at radius 2 is 1.90 bits per heavy atom. The van der Waals surface area contributed by atoms with Crippen molar-refractivity contribution in [3.05, 3.63) is 64.1 Å². The molecule has 0 radical (unpaired) electrons. The van der Waals surface area contributed by atoms with Gasteiger partial charge in [-0.05, 0) is 42.7 Å². The number of amides is 1. The average molecular weight is 426 g/mol. The molecule has 1 aliphatic heterocycles. The van der Waals surface area contributed by atoms with Crippen molar-refractivity contribution in [2.45, 2.75) is 24.4 Å². The number of rotatable bonds is 4. The van der Waals surface area contributed by atoms with E-state index in [1.165, 1.54) is 18.0 Å². The van der Waals surface area contributed by atoms with Crippen molar-refractivity contribution in [2.24, 2.45) is 0 Å². The Balaban J connectivity index is 1.78. The van der Waals surface area contributed by atoms with E-state index in [2.05, 4.69) is 10.4 Å². The zero-order chi connectivity index (χ0) is 21.5. The van der Waals surface area contributed by atoms with Crippen LogP contribution in [0.25, 0.3) is 10.8 Å². The van der Waals surface area contributed by atoms with Crippen LogP contribution in [0, 0.1) is 0 Å². The Morgan fingerprint density at radius 1 is 1.17 bits per heavy atom. The number of nitrogens with one attached hydrogen (secondary N) is 1. The zero-order valence-corrected chi connectivity index (χ0v) is 17.6. The Bertz CT molecular complexity index is 1310. The van der Waals surface area contributed by atoms with Gasteiger partial charge in [0, 0.05) is 30.9 Å². The van der Waals surface area contributed by atoms with Crippen molar-refractivity contribution in [3.8, 4) is 0 Å². The van der Waals surface area contributed by atoms with E-state index < -0.39 is 9.84 Å². The highest BCUT2D eigenvalue weighted by molar-refractivity contribution is 7.90. The number of carbonyl (C=O) groups excluding carboxylic acids is 1. The summed E-state index contributed by atoms with van der Waals surface area (Å²) in [5, 5.41) is 7.86. The molecule has 1 aliphatic rings. The molecule has 4 rings (SSSR count). The minimum absolute atomic E-state index is 0.166. The highest BCUT2D eigenvalue weighted by atomic mass is 32.2. The van der Waals surface area contributed by atoms with Crippen molar-refractivity contribution in [3.63, 3.8) is 0 Å². The lowest BCUT2D eigenvalue weighted by Gasteiger charge is -2.31. The maximum absolute atomic E-state index is 13.0. The molecule has 1 N–H and O–H groups in total. The van der Waals surface area contributed by atoms with Gasteiger partial charge in [-0.25, -0.2) is 13.1 Å². The molecule has 2 aromatic carbocycles. The van der Waals surface area contributed by atoms with E-state index in [0.717, 1.165) is 24.1 Å². The standard InChI is InChI=1S/C21H22N4O4S/c1-22-20(26)19-16-7-3-4-8-17(16)21(27)25(23-19)13-24-11-5-6-14-12-15(30(2,28)29)9-10-18(14)24/h3-4,7-10,12H,5-6,11,13H2,1-2H3,(H,22,26). The number of fused-ring (bicyclic) bond motifs is 2. The molecule has 1 aromatic heterocycles. The summed E-state index contributed by atoms with van der Waals surface area (Å²) in [5.74, 6) is -0.364. The van der Waals surface area contributed by atoms with E-state index >= 15 is 0 Å². The Labute approximate surface area is 174 Å². The molecule has 0 saturated heterocycles. The van der Waals surface area contributed by atoms with Crippen LogP contribution in [0.2, 0.25) is 0 Å². The summed E-state index contributed by atoms with van der Waals surface area (Å²) < 4.78 is 25.1. The van der Waals surface area contributed by atoms with E-state index in [9.17, 15) is 18.0 Å². The summed E-state index contributed by atoms with van der Waals surface area (Å²) >= 11 is 0. The molecule has 8 nitrogen and oxygen atoms in total. The van der Waals surface area contributed by atoms with E-state index in [4.69, 9.17) is 0 Å². The van der Waals surface area contributed by atoms with Crippen molar-refractivity contribution in [1.29, 1.82) is 0 Å². The molecular weight excluding hydrogens is 404 g/mol. The topological polar surface area (TPSA) is 101 Å². The van der Waals surface area contributed by atoms with Crippen molar-refractivity contribution in [2.75, 3.05) is 24.7 Å². The highest BCUT2D eigenvalue weighted by Crippen LogP contribution is 2.29. The highest BCUT2D eigenvalue weighted by Gasteiger charge is 2.22. The summed E-state index contributed by atoms with van der Waals surface area (Å²) in [6, 6.07) is 12.0. The van der Waals surface area contributed by atoms with Crippen LogP contribution < -0.4 is 15.8 Å². The predicted molar refractivity (Wildman–Crippen MR) is 115 cm³/mol. The fourth-order valence-electron chi connectivity index (χ4n) is 3.81. The SMILES string of the molecule is CNC(=O)c1nn(CN2CCCc3cc(S(C)(=O)=O)ccc32)c(=O)c2ccccc12. The van der Waals surface area contributed by atoms with Gasteiger partial charge in [0.05, 0.1) is 10.3 Å². The van der Waals surface area contributed by atoms with Crippen LogP contribution in [-0.4, -0.2) is 44.0 Å². The first-order valence-corrected chi connectivity index (χ1v) is 11.5. The van der Waals surface area contributed by atoms with Crippen molar-refractivity contribution >= 4 is 32.2 Å². The van der Waals surface area contributed by atoms with Gasteiger partial charge in [0.25, 0.3) is 11.5 Å². The normalized spacial score (nSPS) is 13.9. The van der Waals surface area contributed by atoms with Crippen LogP contribution >= 0.6 is 0 Å². The van der Waals surface area contributed by atoms with Crippen LogP contribution in [0.1, 0.15) is 22.5 Å². The number of anilines is 1. The second kappa shape index (κ2) is 7.56. The fourth-order valence-corrected chi connectivity index (χ4v) is 4.48. The smallest absolute Gasteiger partial charge is 0.276 e. The van der Waals surface area contributed by atoms with Crippen molar-refractivity contribution < 1.29 is 13.2 Å². The van der Waals surface area contributed by atoms with Gasteiger partial charge in [-0.3, -0.25) is 9.59 Å². The number of aromatic nitrogens is 2. The molecule has 9 heteroatoms. The molecule has 2 heterocycles. The van der Waals surface area contributed by atoms with E-state index in [1.54, 1.807) is 42.5 Å². The van der Waals surface area contributed by atoms with Crippen molar-refractivity contribution in [1.82, 2.24) is 15.1 Å². The second-order valence-electron chi connectivity index (χ2n) is 7.35. The van der Waals surface area contributed by atoms with Crippen LogP contribution in [0.5, 0.6) is 0 Å². The lowest BCUT2D eigenvalue weighted by atomic mass is 10.0. The summed E-state index contributed by atoms with van der Waals surface area (Å²) in [5.41, 5.74) is 1.71. The first-order chi connectivity index (χ1) is 14.3. The van der Waals surface area contributed by atoms with Crippen LogP contribution in [-0.2, 0) is 22.9 Å². The molecule has 1 amide bonds. The van der Waals surface area contributed by atoms with E-state index in [1.807, 2.05) is 4.90 Å². The fraction of sp³-hybridized carbons (Fsp3) is 0.286. The van der Waals surface area contributed by atoms with Gasteiger partial charge in [0.1, 0.15) is 6.67 Å². The van der Waals surface area contributed by atoms with Crippen LogP contribution in [0.4, 0.5) is 5.69 Å². The van der Waals surface area contributed by atoms with Gasteiger partial charge >= 0.3 is 0 Å². The monoisotopic (exact) mass is 426 g/mol. The van der Waals surface area contributed by atoms with Gasteiger partial charge < -0.3 is 10.2 Å². The zero-order valence-electron chi connectivity index (χ0n) is 16.8. The molecule has 0 aliphatic carbocycles. The van der Waals surface area contributed by atoms with E-state index in [0.29, 0.717) is 17.3 Å². The average Bonchev–Trinajstić information content (AvgIpc) is 2.74. The molecule has 0 spiro atoms. The first-order valence-electron chi connectivity index (χ1n) is 9.59. The van der Waals surface area contributed by atoms with Crippen LogP contribution in [0.15, 0.2) is 52.2 Å². The molecule has 156 valence electrons. The Morgan fingerprint density at radius 3 is 2.60 bits per heavy atom. The molecule has 30 heavy (non-hydrogen) atoms. The molecule has 0 bridgehead atoms. The maximum atomic E-state index is 13.0. The molecule has 3 aromatic rings. The third kappa shape index (κ3) is 3.56. The minimum atomic E-state index is -3.29. The van der Waals surface area contributed by atoms with E-state index in [-0.39, 0.29) is 28.7 Å². The minimum Gasteiger partial charge on any atom is -0.354 e. The lowest BCUT2D eigenvalue weighted by molar-refractivity contribution is 0.0957. The largest absolute Gasteiger partial charge is 0.354 e. The maximum Gasteiger partial charge on any atom is 0.276 e. The Hall–Kier alpha value is -3.20. The number of sulfone groups is 1. The van der Waals surface area contributed by atoms with Gasteiger partial charge in [-0.15, -0.1) is 0 Å². The number of benzene rings is 2. The summed E-state index contributed by atoms with van der Waals surface area (Å²) in [6.45, 7) is 0.861. The summed E-state index contributed by atoms with van der Waals surface area (Å²) in [4.78, 5) is 27.7. The number of carbonyl (C=O) groups is 1. The molecule has 0 atom stereocenters. The summed E-state index contributed by atoms with van der Waals surface area (Å²) in [6.07, 6.45) is 2.78. The molecule has 0 saturated carbocycles. The van der Waals surface area contributed by atoms with Gasteiger partial charge in [-0.2, -0.15) is 5.10 Å². The number of aryl methyl sites for hydroxylation is 1. The van der Waals surface area contributed by atoms with Gasteiger partial charge in [0.2, 0.25) is 0 Å².